The standard InChI is InChI=1S/C23H32O5/c1-14(24)27-13-23-11-8-17(26)12-16(23)4-5-18-19-6-7-21(28-15(2)25)22(19,3)10-9-20(18)23/h12,18-21H,4-11,13H2,1-3H3/t18-,19-,20-,21-,22+,23-/m1/s1. The van der Waals surface area contributed by atoms with Crippen LogP contribution in [0.25, 0.3) is 0 Å². The maximum atomic E-state index is 12.1. The molecule has 0 aliphatic heterocycles. The lowest BCUT2D eigenvalue weighted by atomic mass is 9.47. The number of rotatable bonds is 3. The second-order valence-corrected chi connectivity index (χ2v) is 9.71. The quantitative estimate of drug-likeness (QED) is 0.684. The van der Waals surface area contributed by atoms with Crippen LogP contribution in [-0.4, -0.2) is 30.4 Å². The lowest BCUT2D eigenvalue weighted by molar-refractivity contribution is -0.159. The third kappa shape index (κ3) is 3.02. The largest absolute Gasteiger partial charge is 0.465 e. The molecule has 4 aliphatic carbocycles. The lowest BCUT2D eigenvalue weighted by Crippen LogP contribution is -2.54. The highest BCUT2D eigenvalue weighted by molar-refractivity contribution is 5.91. The normalized spacial score (nSPS) is 42.0. The van der Waals surface area contributed by atoms with Crippen LogP contribution in [0.1, 0.15) is 72.1 Å². The fourth-order valence-electron chi connectivity index (χ4n) is 7.21. The van der Waals surface area contributed by atoms with Gasteiger partial charge in [-0.25, -0.2) is 0 Å². The van der Waals surface area contributed by atoms with Gasteiger partial charge >= 0.3 is 11.9 Å². The van der Waals surface area contributed by atoms with Crippen molar-refractivity contribution >= 4 is 17.7 Å². The fourth-order valence-corrected chi connectivity index (χ4v) is 7.21. The Morgan fingerprint density at radius 3 is 2.54 bits per heavy atom. The van der Waals surface area contributed by atoms with Crippen LogP contribution in [0.4, 0.5) is 0 Å². The van der Waals surface area contributed by atoms with E-state index in [2.05, 4.69) is 6.92 Å². The molecule has 0 heterocycles. The molecule has 0 saturated heterocycles. The van der Waals surface area contributed by atoms with E-state index in [4.69, 9.17) is 9.47 Å². The third-order valence-corrected chi connectivity index (χ3v) is 8.44. The van der Waals surface area contributed by atoms with Gasteiger partial charge in [0.25, 0.3) is 0 Å². The highest BCUT2D eigenvalue weighted by atomic mass is 16.5. The van der Waals surface area contributed by atoms with Crippen LogP contribution in [0.3, 0.4) is 0 Å². The summed E-state index contributed by atoms with van der Waals surface area (Å²) in [6.45, 7) is 5.68. The molecule has 0 radical (unpaired) electrons. The van der Waals surface area contributed by atoms with Crippen molar-refractivity contribution in [3.8, 4) is 0 Å². The summed E-state index contributed by atoms with van der Waals surface area (Å²) in [4.78, 5) is 35.3. The monoisotopic (exact) mass is 388 g/mol. The topological polar surface area (TPSA) is 69.7 Å². The number of hydrogen-bond acceptors (Lipinski definition) is 5. The van der Waals surface area contributed by atoms with Crippen LogP contribution in [-0.2, 0) is 23.9 Å². The van der Waals surface area contributed by atoms with Gasteiger partial charge in [0, 0.05) is 31.1 Å². The average Bonchev–Trinajstić information content (AvgIpc) is 2.96. The predicted octanol–water partition coefficient (Wildman–Crippen LogP) is 3.99. The molecule has 0 aromatic heterocycles. The Bertz CT molecular complexity index is 725. The van der Waals surface area contributed by atoms with Crippen molar-refractivity contribution in [3.63, 3.8) is 0 Å². The highest BCUT2D eigenvalue weighted by Crippen LogP contribution is 2.65. The molecule has 0 N–H and O–H groups in total. The summed E-state index contributed by atoms with van der Waals surface area (Å²) in [6, 6.07) is 0. The van der Waals surface area contributed by atoms with E-state index in [0.717, 1.165) is 44.9 Å². The summed E-state index contributed by atoms with van der Waals surface area (Å²) in [5.41, 5.74) is 1.08. The molecule has 3 fully saturated rings. The zero-order chi connectivity index (χ0) is 20.1. The smallest absolute Gasteiger partial charge is 0.302 e. The van der Waals surface area contributed by atoms with Crippen LogP contribution in [0.2, 0.25) is 0 Å². The maximum absolute atomic E-state index is 12.1. The molecule has 0 unspecified atom stereocenters. The SMILES string of the molecule is CC(=O)OC[C@]12CCC(=O)C=C1CC[C@H]1[C@H]2CC[C@@]2(C)[C@@H]1CC[C@H]2OC(C)=O. The molecule has 0 spiro atoms. The Hall–Kier alpha value is -1.65. The molecule has 3 saturated carbocycles. The Morgan fingerprint density at radius 1 is 1.04 bits per heavy atom. The van der Waals surface area contributed by atoms with E-state index in [-0.39, 0.29) is 34.7 Å². The van der Waals surface area contributed by atoms with Gasteiger partial charge in [0.05, 0.1) is 0 Å². The molecule has 4 rings (SSSR count). The van der Waals surface area contributed by atoms with Gasteiger partial charge in [-0.15, -0.1) is 0 Å². The highest BCUT2D eigenvalue weighted by Gasteiger charge is 2.61. The van der Waals surface area contributed by atoms with E-state index >= 15 is 0 Å². The first-order valence-corrected chi connectivity index (χ1v) is 10.8. The molecular formula is C23H32O5. The van der Waals surface area contributed by atoms with Gasteiger partial charge in [-0.05, 0) is 68.8 Å². The first kappa shape index (κ1) is 19.7. The molecule has 154 valence electrons. The van der Waals surface area contributed by atoms with Crippen molar-refractivity contribution in [2.24, 2.45) is 28.6 Å². The summed E-state index contributed by atoms with van der Waals surface area (Å²) >= 11 is 0. The number of hydrogen-bond donors (Lipinski definition) is 0. The van der Waals surface area contributed by atoms with Gasteiger partial charge in [-0.3, -0.25) is 14.4 Å². The summed E-state index contributed by atoms with van der Waals surface area (Å²) in [6.07, 6.45) is 9.33. The summed E-state index contributed by atoms with van der Waals surface area (Å²) in [5, 5.41) is 0. The van der Waals surface area contributed by atoms with Crippen LogP contribution in [0.5, 0.6) is 0 Å². The lowest BCUT2D eigenvalue weighted by Gasteiger charge is -2.58. The fraction of sp³-hybridized carbons (Fsp3) is 0.783. The van der Waals surface area contributed by atoms with Gasteiger partial charge in [0.15, 0.2) is 5.78 Å². The zero-order valence-electron chi connectivity index (χ0n) is 17.3. The number of carbonyl (C=O) groups excluding carboxylic acids is 3. The Balaban J connectivity index is 1.65. The molecule has 0 aromatic carbocycles. The molecule has 0 amide bonds. The van der Waals surface area contributed by atoms with Gasteiger partial charge in [-0.2, -0.15) is 0 Å². The van der Waals surface area contributed by atoms with Crippen molar-refractivity contribution in [1.82, 2.24) is 0 Å². The van der Waals surface area contributed by atoms with Crippen LogP contribution < -0.4 is 0 Å². The molecule has 0 aromatic rings. The number of ether oxygens (including phenoxy) is 2. The Kier molecular flexibility index (Phi) is 4.91. The molecule has 28 heavy (non-hydrogen) atoms. The van der Waals surface area contributed by atoms with E-state index in [0.29, 0.717) is 30.8 Å². The first-order chi connectivity index (χ1) is 13.3. The molecule has 0 bridgehead atoms. The number of carbonyl (C=O) groups is 3. The maximum Gasteiger partial charge on any atom is 0.302 e. The second kappa shape index (κ2) is 7.00. The Labute approximate surface area is 167 Å². The molecular weight excluding hydrogens is 356 g/mol. The molecule has 6 atom stereocenters. The van der Waals surface area contributed by atoms with E-state index < -0.39 is 0 Å². The van der Waals surface area contributed by atoms with E-state index in [1.165, 1.54) is 19.4 Å². The number of fused-ring (bicyclic) bond motifs is 5. The summed E-state index contributed by atoms with van der Waals surface area (Å²) < 4.78 is 11.3. The zero-order valence-corrected chi connectivity index (χ0v) is 17.3. The van der Waals surface area contributed by atoms with Crippen molar-refractivity contribution < 1.29 is 23.9 Å². The second-order valence-electron chi connectivity index (χ2n) is 9.71. The molecule has 5 heteroatoms. The minimum atomic E-state index is -0.246. The predicted molar refractivity (Wildman–Crippen MR) is 103 cm³/mol. The van der Waals surface area contributed by atoms with Crippen molar-refractivity contribution in [2.75, 3.05) is 6.61 Å². The van der Waals surface area contributed by atoms with Gasteiger partial charge in [-0.1, -0.05) is 12.5 Å². The van der Waals surface area contributed by atoms with Gasteiger partial charge in [0.2, 0.25) is 0 Å². The van der Waals surface area contributed by atoms with Gasteiger partial charge < -0.3 is 9.47 Å². The summed E-state index contributed by atoms with van der Waals surface area (Å²) in [5.74, 6) is 1.30. The average molecular weight is 389 g/mol. The van der Waals surface area contributed by atoms with E-state index in [9.17, 15) is 14.4 Å². The minimum absolute atomic E-state index is 0.0187. The van der Waals surface area contributed by atoms with Gasteiger partial charge in [0.1, 0.15) is 12.7 Å². The van der Waals surface area contributed by atoms with E-state index in [1.54, 1.807) is 0 Å². The van der Waals surface area contributed by atoms with Crippen molar-refractivity contribution in [1.29, 1.82) is 0 Å². The van der Waals surface area contributed by atoms with Crippen molar-refractivity contribution in [3.05, 3.63) is 11.6 Å². The van der Waals surface area contributed by atoms with Crippen molar-refractivity contribution in [2.45, 2.75) is 78.2 Å². The Morgan fingerprint density at radius 2 is 1.82 bits per heavy atom. The molecule has 4 aliphatic rings. The van der Waals surface area contributed by atoms with E-state index in [1.807, 2.05) is 6.08 Å². The van der Waals surface area contributed by atoms with Crippen LogP contribution in [0.15, 0.2) is 11.6 Å². The van der Waals surface area contributed by atoms with Crippen LogP contribution >= 0.6 is 0 Å². The van der Waals surface area contributed by atoms with Crippen LogP contribution in [0, 0.1) is 28.6 Å². The molecule has 5 nitrogen and oxygen atoms in total. The first-order valence-electron chi connectivity index (χ1n) is 10.8. The number of ketones is 1. The third-order valence-electron chi connectivity index (χ3n) is 8.44. The minimum Gasteiger partial charge on any atom is -0.465 e. The number of esters is 2. The summed E-state index contributed by atoms with van der Waals surface area (Å²) in [7, 11) is 0.